The first kappa shape index (κ1) is 24.9. The summed E-state index contributed by atoms with van der Waals surface area (Å²) in [6.07, 6.45) is 11.1. The molecule has 6 nitrogen and oxygen atoms in total. The quantitative estimate of drug-likeness (QED) is 0.137. The van der Waals surface area contributed by atoms with Gasteiger partial charge in [-0.15, -0.1) is 0 Å². The van der Waals surface area contributed by atoms with E-state index >= 15 is 0 Å². The van der Waals surface area contributed by atoms with E-state index in [1.54, 1.807) is 12.1 Å². The van der Waals surface area contributed by atoms with Gasteiger partial charge in [0.15, 0.2) is 0 Å². The second-order valence-corrected chi connectivity index (χ2v) is 7.48. The first-order chi connectivity index (χ1) is 14.0. The summed E-state index contributed by atoms with van der Waals surface area (Å²) in [7, 11) is 0. The Bertz CT molecular complexity index is 615. The summed E-state index contributed by atoms with van der Waals surface area (Å²) in [5, 5.41) is 11.3. The zero-order chi connectivity index (χ0) is 21.5. The highest BCUT2D eigenvalue weighted by Gasteiger charge is 2.17. The topological polar surface area (TPSA) is 72.7 Å². The van der Waals surface area contributed by atoms with E-state index in [-0.39, 0.29) is 18.3 Å². The van der Waals surface area contributed by atoms with Gasteiger partial charge in [-0.2, -0.15) is 0 Å². The van der Waals surface area contributed by atoms with Crippen molar-refractivity contribution < 1.29 is 14.5 Å². The number of hydrogen-bond donors (Lipinski definition) is 0. The number of carbonyl (C=O) groups excluding carboxylic acids is 1. The highest BCUT2D eigenvalue weighted by Crippen LogP contribution is 2.26. The van der Waals surface area contributed by atoms with Crippen LogP contribution in [0.4, 0.5) is 11.4 Å². The molecule has 0 aliphatic rings. The predicted molar refractivity (Wildman–Crippen MR) is 118 cm³/mol. The fourth-order valence-electron chi connectivity index (χ4n) is 3.46. The van der Waals surface area contributed by atoms with Crippen LogP contribution < -0.4 is 4.90 Å². The van der Waals surface area contributed by atoms with E-state index in [9.17, 15) is 14.9 Å². The number of anilines is 1. The third kappa shape index (κ3) is 9.77. The molecule has 0 saturated heterocycles. The Balaban J connectivity index is 2.40. The Hall–Kier alpha value is -2.11. The normalized spacial score (nSPS) is 10.7. The zero-order valence-corrected chi connectivity index (χ0v) is 18.5. The van der Waals surface area contributed by atoms with Gasteiger partial charge in [-0.25, -0.2) is 0 Å². The fraction of sp³-hybridized carbons (Fsp3) is 0.696. The van der Waals surface area contributed by atoms with Gasteiger partial charge in [0.05, 0.1) is 10.5 Å². The SMILES string of the molecule is CCCCCCCCCCCC(=O)OCc1cc(N(CC)CC)ccc1[N+](=O)[O-]. The maximum absolute atomic E-state index is 12.0. The predicted octanol–water partition coefficient (Wildman–Crippen LogP) is 6.41. The van der Waals surface area contributed by atoms with Crippen LogP contribution in [0.3, 0.4) is 0 Å². The molecule has 0 spiro atoms. The minimum atomic E-state index is -0.421. The summed E-state index contributed by atoms with van der Waals surface area (Å²) in [4.78, 5) is 25.0. The summed E-state index contributed by atoms with van der Waals surface area (Å²) in [6, 6.07) is 5.01. The first-order valence-corrected chi connectivity index (χ1v) is 11.2. The van der Waals surface area contributed by atoms with E-state index in [0.717, 1.165) is 38.0 Å². The van der Waals surface area contributed by atoms with Gasteiger partial charge < -0.3 is 9.64 Å². The molecule has 0 unspecified atom stereocenters. The summed E-state index contributed by atoms with van der Waals surface area (Å²) in [5.74, 6) is -0.282. The minimum absolute atomic E-state index is 0.00298. The van der Waals surface area contributed by atoms with Crippen molar-refractivity contribution >= 4 is 17.3 Å². The van der Waals surface area contributed by atoms with Crippen molar-refractivity contribution in [3.63, 3.8) is 0 Å². The molecule has 1 aromatic carbocycles. The summed E-state index contributed by atoms with van der Waals surface area (Å²) >= 11 is 0. The van der Waals surface area contributed by atoms with Crippen LogP contribution in [0.2, 0.25) is 0 Å². The molecule has 6 heteroatoms. The van der Waals surface area contributed by atoms with Gasteiger partial charge in [0, 0.05) is 31.3 Å². The van der Waals surface area contributed by atoms with E-state index in [4.69, 9.17) is 4.74 Å². The van der Waals surface area contributed by atoms with Gasteiger partial charge in [-0.1, -0.05) is 58.3 Å². The second-order valence-electron chi connectivity index (χ2n) is 7.48. The van der Waals surface area contributed by atoms with Crippen LogP contribution in [0.25, 0.3) is 0 Å². The van der Waals surface area contributed by atoms with E-state index < -0.39 is 4.92 Å². The molecule has 0 radical (unpaired) electrons. The number of hydrogen-bond acceptors (Lipinski definition) is 5. The number of ether oxygens (including phenoxy) is 1. The van der Waals surface area contributed by atoms with Crippen molar-refractivity contribution in [1.82, 2.24) is 0 Å². The molecule has 0 aliphatic heterocycles. The molecule has 0 bridgehead atoms. The number of nitro groups is 1. The standard InChI is InChI=1S/C23H38N2O4/c1-4-7-8-9-10-11-12-13-14-15-23(26)29-19-20-18-21(24(5-2)6-3)16-17-22(20)25(27)28/h16-18H,4-15,19H2,1-3H3. The number of rotatable bonds is 16. The molecule has 0 atom stereocenters. The monoisotopic (exact) mass is 406 g/mol. The smallest absolute Gasteiger partial charge is 0.306 e. The Morgan fingerprint density at radius 3 is 2.10 bits per heavy atom. The van der Waals surface area contributed by atoms with Crippen LogP contribution in [-0.2, 0) is 16.1 Å². The Kier molecular flexibility index (Phi) is 12.7. The molecule has 0 fully saturated rings. The lowest BCUT2D eigenvalue weighted by molar-refractivity contribution is -0.385. The average Bonchev–Trinajstić information content (AvgIpc) is 2.72. The van der Waals surface area contributed by atoms with Gasteiger partial charge in [-0.05, 0) is 32.4 Å². The lowest BCUT2D eigenvalue weighted by atomic mass is 10.1. The molecular formula is C23H38N2O4. The first-order valence-electron chi connectivity index (χ1n) is 11.2. The molecule has 0 heterocycles. The number of nitrogens with zero attached hydrogens (tertiary/aromatic N) is 2. The van der Waals surface area contributed by atoms with Crippen molar-refractivity contribution in [2.45, 2.75) is 91.6 Å². The maximum atomic E-state index is 12.0. The minimum Gasteiger partial charge on any atom is -0.461 e. The molecule has 0 saturated carbocycles. The van der Waals surface area contributed by atoms with Crippen molar-refractivity contribution in [2.24, 2.45) is 0 Å². The van der Waals surface area contributed by atoms with Crippen LogP contribution in [-0.4, -0.2) is 24.0 Å². The third-order valence-electron chi connectivity index (χ3n) is 5.26. The number of nitro benzene ring substituents is 1. The lowest BCUT2D eigenvalue weighted by Crippen LogP contribution is -2.22. The maximum Gasteiger partial charge on any atom is 0.306 e. The Labute approximate surface area is 175 Å². The van der Waals surface area contributed by atoms with Gasteiger partial charge >= 0.3 is 5.97 Å². The average molecular weight is 407 g/mol. The van der Waals surface area contributed by atoms with Gasteiger partial charge in [0.25, 0.3) is 5.69 Å². The van der Waals surface area contributed by atoms with Crippen LogP contribution in [0.15, 0.2) is 18.2 Å². The summed E-state index contributed by atoms with van der Waals surface area (Å²) < 4.78 is 5.33. The number of carbonyl (C=O) groups is 1. The molecule has 0 aliphatic carbocycles. The van der Waals surface area contributed by atoms with Crippen molar-refractivity contribution in [3.8, 4) is 0 Å². The van der Waals surface area contributed by atoms with E-state index in [0.29, 0.717) is 12.0 Å². The fourth-order valence-corrected chi connectivity index (χ4v) is 3.46. The van der Waals surface area contributed by atoms with Crippen LogP contribution in [0, 0.1) is 10.1 Å². The van der Waals surface area contributed by atoms with E-state index in [1.165, 1.54) is 44.6 Å². The lowest BCUT2D eigenvalue weighted by Gasteiger charge is -2.21. The molecule has 1 rings (SSSR count). The molecule has 0 N–H and O–H groups in total. The van der Waals surface area contributed by atoms with Crippen molar-refractivity contribution in [1.29, 1.82) is 0 Å². The van der Waals surface area contributed by atoms with Crippen molar-refractivity contribution in [3.05, 3.63) is 33.9 Å². The summed E-state index contributed by atoms with van der Waals surface area (Å²) in [5.41, 5.74) is 1.35. The van der Waals surface area contributed by atoms with Crippen LogP contribution >= 0.6 is 0 Å². The molecule has 29 heavy (non-hydrogen) atoms. The zero-order valence-electron chi connectivity index (χ0n) is 18.5. The molecule has 164 valence electrons. The van der Waals surface area contributed by atoms with Crippen LogP contribution in [0.1, 0.15) is 90.5 Å². The van der Waals surface area contributed by atoms with Crippen LogP contribution in [0.5, 0.6) is 0 Å². The molecule has 0 amide bonds. The molecule has 1 aromatic rings. The van der Waals surface area contributed by atoms with Gasteiger partial charge in [-0.3, -0.25) is 14.9 Å². The number of unbranched alkanes of at least 4 members (excludes halogenated alkanes) is 8. The number of esters is 1. The molecular weight excluding hydrogens is 368 g/mol. The van der Waals surface area contributed by atoms with Gasteiger partial charge in [0.2, 0.25) is 0 Å². The van der Waals surface area contributed by atoms with E-state index in [2.05, 4.69) is 11.8 Å². The van der Waals surface area contributed by atoms with E-state index in [1.807, 2.05) is 13.8 Å². The Morgan fingerprint density at radius 2 is 1.55 bits per heavy atom. The van der Waals surface area contributed by atoms with Gasteiger partial charge in [0.1, 0.15) is 6.61 Å². The van der Waals surface area contributed by atoms with Crippen molar-refractivity contribution in [2.75, 3.05) is 18.0 Å². The second kappa shape index (κ2) is 14.8. The largest absolute Gasteiger partial charge is 0.461 e. The number of benzene rings is 1. The molecule has 0 aromatic heterocycles. The third-order valence-corrected chi connectivity index (χ3v) is 5.26. The highest BCUT2D eigenvalue weighted by molar-refractivity contribution is 5.69. The Morgan fingerprint density at radius 1 is 0.966 bits per heavy atom. The highest BCUT2D eigenvalue weighted by atomic mass is 16.6. The summed E-state index contributed by atoms with van der Waals surface area (Å²) in [6.45, 7) is 7.87.